The van der Waals surface area contributed by atoms with Crippen molar-refractivity contribution in [2.24, 2.45) is 0 Å². The fourth-order valence-corrected chi connectivity index (χ4v) is 1.48. The minimum atomic E-state index is -0.402. The number of nitrogens with zero attached hydrogens (tertiary/aromatic N) is 1. The molecule has 1 rings (SSSR count). The smallest absolute Gasteiger partial charge is 0.166 e. The molecule has 1 aromatic rings. The second-order valence-corrected chi connectivity index (χ2v) is 4.05. The SMILES string of the molecule is C#CC(CCC)Nc1ncc(Br)cc1F. The third-order valence-electron chi connectivity index (χ3n) is 1.90. The van der Waals surface area contributed by atoms with Crippen molar-refractivity contribution < 1.29 is 4.39 Å². The molecular weight excluding hydrogens is 259 g/mol. The van der Waals surface area contributed by atoms with E-state index in [0.717, 1.165) is 12.8 Å². The third kappa shape index (κ3) is 3.52. The van der Waals surface area contributed by atoms with Crippen molar-refractivity contribution in [2.75, 3.05) is 5.32 Å². The van der Waals surface area contributed by atoms with Crippen molar-refractivity contribution in [3.05, 3.63) is 22.6 Å². The van der Waals surface area contributed by atoms with E-state index in [2.05, 4.69) is 32.2 Å². The Morgan fingerprint density at radius 3 is 3.00 bits per heavy atom. The van der Waals surface area contributed by atoms with E-state index < -0.39 is 5.82 Å². The summed E-state index contributed by atoms with van der Waals surface area (Å²) in [6, 6.07) is 1.19. The molecule has 4 heteroatoms. The molecule has 0 aliphatic rings. The van der Waals surface area contributed by atoms with Gasteiger partial charge in [-0.1, -0.05) is 19.3 Å². The Labute approximate surface area is 97.4 Å². The van der Waals surface area contributed by atoms with Gasteiger partial charge in [-0.15, -0.1) is 6.42 Å². The van der Waals surface area contributed by atoms with Gasteiger partial charge in [0.25, 0.3) is 0 Å². The van der Waals surface area contributed by atoms with E-state index in [1.165, 1.54) is 12.3 Å². The first-order valence-electron chi connectivity index (χ1n) is 4.71. The predicted molar refractivity (Wildman–Crippen MR) is 63.0 cm³/mol. The highest BCUT2D eigenvalue weighted by atomic mass is 79.9. The van der Waals surface area contributed by atoms with Gasteiger partial charge in [-0.3, -0.25) is 0 Å². The molecule has 0 saturated heterocycles. The maximum Gasteiger partial charge on any atom is 0.166 e. The second-order valence-electron chi connectivity index (χ2n) is 3.14. The normalized spacial score (nSPS) is 11.9. The van der Waals surface area contributed by atoms with E-state index in [1.807, 2.05) is 6.92 Å². The van der Waals surface area contributed by atoms with Crippen LogP contribution >= 0.6 is 15.9 Å². The minimum absolute atomic E-state index is 0.168. The molecule has 0 radical (unpaired) electrons. The van der Waals surface area contributed by atoms with Crippen molar-refractivity contribution in [3.63, 3.8) is 0 Å². The lowest BCUT2D eigenvalue weighted by Crippen LogP contribution is -2.18. The first-order chi connectivity index (χ1) is 7.17. The molecule has 0 aliphatic heterocycles. The maximum atomic E-state index is 13.4. The molecule has 0 amide bonds. The van der Waals surface area contributed by atoms with Crippen LogP contribution < -0.4 is 5.32 Å². The summed E-state index contributed by atoms with van der Waals surface area (Å²) in [5, 5.41) is 2.88. The van der Waals surface area contributed by atoms with Crippen LogP contribution in [0.1, 0.15) is 19.8 Å². The zero-order chi connectivity index (χ0) is 11.3. The topological polar surface area (TPSA) is 24.9 Å². The van der Waals surface area contributed by atoms with Crippen molar-refractivity contribution in [2.45, 2.75) is 25.8 Å². The molecule has 2 nitrogen and oxygen atoms in total. The summed E-state index contributed by atoms with van der Waals surface area (Å²) in [5.74, 6) is 2.37. The molecule has 15 heavy (non-hydrogen) atoms. The molecule has 0 bridgehead atoms. The van der Waals surface area contributed by atoms with Gasteiger partial charge >= 0.3 is 0 Å². The lowest BCUT2D eigenvalue weighted by atomic mass is 10.2. The maximum absolute atomic E-state index is 13.4. The van der Waals surface area contributed by atoms with Gasteiger partial charge in [0.1, 0.15) is 0 Å². The van der Waals surface area contributed by atoms with Gasteiger partial charge in [0.2, 0.25) is 0 Å². The standard InChI is InChI=1S/C11H12BrFN2/c1-3-5-9(4-2)15-11-10(13)6-8(12)7-14-11/h2,6-7,9H,3,5H2,1H3,(H,14,15). The predicted octanol–water partition coefficient (Wildman–Crippen LogP) is 3.20. The summed E-state index contributed by atoms with van der Waals surface area (Å²) in [6.45, 7) is 2.03. The van der Waals surface area contributed by atoms with Crippen molar-refractivity contribution >= 4 is 21.7 Å². The molecule has 1 heterocycles. The van der Waals surface area contributed by atoms with E-state index in [1.54, 1.807) is 0 Å². The summed E-state index contributed by atoms with van der Waals surface area (Å²) in [7, 11) is 0. The lowest BCUT2D eigenvalue weighted by Gasteiger charge is -2.12. The lowest BCUT2D eigenvalue weighted by molar-refractivity contribution is 0.619. The van der Waals surface area contributed by atoms with Crippen molar-refractivity contribution in [1.82, 2.24) is 4.98 Å². The van der Waals surface area contributed by atoms with Gasteiger partial charge in [-0.2, -0.15) is 0 Å². The fraction of sp³-hybridized carbons (Fsp3) is 0.364. The van der Waals surface area contributed by atoms with Gasteiger partial charge < -0.3 is 5.32 Å². The Hall–Kier alpha value is -1.08. The van der Waals surface area contributed by atoms with Crippen molar-refractivity contribution in [3.8, 4) is 12.3 Å². The zero-order valence-electron chi connectivity index (χ0n) is 8.43. The van der Waals surface area contributed by atoms with Crippen LogP contribution in [0.25, 0.3) is 0 Å². The molecule has 1 unspecified atom stereocenters. The van der Waals surface area contributed by atoms with Crippen LogP contribution in [-0.4, -0.2) is 11.0 Å². The summed E-state index contributed by atoms with van der Waals surface area (Å²) in [5.41, 5.74) is 0. The van der Waals surface area contributed by atoms with Gasteiger partial charge in [-0.05, 0) is 28.4 Å². The molecule has 80 valence electrons. The first kappa shape index (κ1) is 12.0. The van der Waals surface area contributed by atoms with Crippen LogP contribution in [0.4, 0.5) is 10.2 Å². The summed E-state index contributed by atoms with van der Waals surface area (Å²) >= 11 is 3.14. The van der Waals surface area contributed by atoms with Crippen LogP contribution in [0.2, 0.25) is 0 Å². The summed E-state index contributed by atoms with van der Waals surface area (Å²) < 4.78 is 14.0. The number of pyridine rings is 1. The first-order valence-corrected chi connectivity index (χ1v) is 5.50. The van der Waals surface area contributed by atoms with E-state index in [0.29, 0.717) is 4.47 Å². The number of hydrogen-bond donors (Lipinski definition) is 1. The van der Waals surface area contributed by atoms with Crippen LogP contribution in [0.3, 0.4) is 0 Å². The number of anilines is 1. The van der Waals surface area contributed by atoms with Crippen LogP contribution in [-0.2, 0) is 0 Å². The number of hydrogen-bond acceptors (Lipinski definition) is 2. The average Bonchev–Trinajstić information content (AvgIpc) is 2.21. The zero-order valence-corrected chi connectivity index (χ0v) is 10.0. The molecular formula is C11H12BrFN2. The Morgan fingerprint density at radius 1 is 1.73 bits per heavy atom. The Kier molecular flexibility index (Phi) is 4.57. The minimum Gasteiger partial charge on any atom is -0.354 e. The second kappa shape index (κ2) is 5.72. The highest BCUT2D eigenvalue weighted by Gasteiger charge is 2.08. The molecule has 1 atom stereocenters. The number of rotatable bonds is 4. The summed E-state index contributed by atoms with van der Waals surface area (Å²) in [6.07, 6.45) is 8.59. The monoisotopic (exact) mass is 270 g/mol. The van der Waals surface area contributed by atoms with E-state index in [-0.39, 0.29) is 11.9 Å². The third-order valence-corrected chi connectivity index (χ3v) is 2.33. The largest absolute Gasteiger partial charge is 0.354 e. The molecule has 1 aromatic heterocycles. The fourth-order valence-electron chi connectivity index (χ4n) is 1.17. The summed E-state index contributed by atoms with van der Waals surface area (Å²) in [4.78, 5) is 3.92. The molecule has 1 N–H and O–H groups in total. The molecule has 0 aliphatic carbocycles. The van der Waals surface area contributed by atoms with Gasteiger partial charge in [0.15, 0.2) is 11.6 Å². The number of halogens is 2. The van der Waals surface area contributed by atoms with Gasteiger partial charge in [0.05, 0.1) is 6.04 Å². The Balaban J connectivity index is 2.76. The molecule has 0 fully saturated rings. The van der Waals surface area contributed by atoms with E-state index >= 15 is 0 Å². The van der Waals surface area contributed by atoms with Crippen LogP contribution in [0.15, 0.2) is 16.7 Å². The van der Waals surface area contributed by atoms with Gasteiger partial charge in [0, 0.05) is 10.7 Å². The quantitative estimate of drug-likeness (QED) is 0.850. The highest BCUT2D eigenvalue weighted by Crippen LogP contribution is 2.17. The molecule has 0 aromatic carbocycles. The van der Waals surface area contributed by atoms with Gasteiger partial charge in [-0.25, -0.2) is 9.37 Å². The van der Waals surface area contributed by atoms with Crippen molar-refractivity contribution in [1.29, 1.82) is 0 Å². The number of terminal acetylenes is 1. The Bertz CT molecular complexity index is 373. The number of aromatic nitrogens is 1. The highest BCUT2D eigenvalue weighted by molar-refractivity contribution is 9.10. The molecule has 0 saturated carbocycles. The molecule has 0 spiro atoms. The van der Waals surface area contributed by atoms with E-state index in [4.69, 9.17) is 6.42 Å². The average molecular weight is 271 g/mol. The Morgan fingerprint density at radius 2 is 2.47 bits per heavy atom. The van der Waals surface area contributed by atoms with Crippen LogP contribution in [0, 0.1) is 18.2 Å². The van der Waals surface area contributed by atoms with E-state index in [9.17, 15) is 4.39 Å². The number of nitrogens with one attached hydrogen (secondary N) is 1. The van der Waals surface area contributed by atoms with Crippen LogP contribution in [0.5, 0.6) is 0 Å².